The maximum absolute atomic E-state index is 12.9. The molecule has 7 heteroatoms. The van der Waals surface area contributed by atoms with E-state index in [1.165, 1.54) is 24.3 Å². The van der Waals surface area contributed by atoms with Gasteiger partial charge in [-0.3, -0.25) is 19.7 Å². The molecule has 1 heterocycles. The van der Waals surface area contributed by atoms with E-state index in [4.69, 9.17) is 9.47 Å². The van der Waals surface area contributed by atoms with Gasteiger partial charge in [-0.1, -0.05) is 36.4 Å². The zero-order valence-electron chi connectivity index (χ0n) is 15.1. The fraction of sp³-hybridized carbons (Fsp3) is 0.0909. The number of esters is 1. The molecule has 0 aromatic heterocycles. The Hall–Kier alpha value is -4.00. The van der Waals surface area contributed by atoms with Gasteiger partial charge in [0.2, 0.25) is 0 Å². The van der Waals surface area contributed by atoms with Gasteiger partial charge in [0.05, 0.1) is 4.92 Å². The fourth-order valence-electron chi connectivity index (χ4n) is 3.24. The molecule has 0 saturated carbocycles. The van der Waals surface area contributed by atoms with Gasteiger partial charge < -0.3 is 9.47 Å². The number of carbonyl (C=O) groups is 2. The first-order chi connectivity index (χ1) is 14.0. The van der Waals surface area contributed by atoms with Crippen molar-refractivity contribution in [3.05, 3.63) is 99.6 Å². The summed E-state index contributed by atoms with van der Waals surface area (Å²) in [4.78, 5) is 35.4. The summed E-state index contributed by atoms with van der Waals surface area (Å²) in [6, 6.07) is 19.5. The van der Waals surface area contributed by atoms with Gasteiger partial charge in [0.25, 0.3) is 5.69 Å². The highest BCUT2D eigenvalue weighted by Gasteiger charge is 2.33. The van der Waals surface area contributed by atoms with Gasteiger partial charge >= 0.3 is 5.97 Å². The molecule has 3 aromatic carbocycles. The maximum atomic E-state index is 12.9. The number of fused-ring (bicyclic) bond motifs is 2. The predicted octanol–water partition coefficient (Wildman–Crippen LogP) is 4.26. The van der Waals surface area contributed by atoms with Crippen LogP contribution in [0.2, 0.25) is 0 Å². The van der Waals surface area contributed by atoms with Crippen LogP contribution in [0.1, 0.15) is 27.4 Å². The van der Waals surface area contributed by atoms with Crippen molar-refractivity contribution in [3.8, 4) is 11.5 Å². The summed E-state index contributed by atoms with van der Waals surface area (Å²) >= 11 is 0. The Bertz CT molecular complexity index is 1060. The second-order valence-electron chi connectivity index (χ2n) is 6.45. The van der Waals surface area contributed by atoms with Crippen LogP contribution in [-0.4, -0.2) is 23.3 Å². The third-order valence-electron chi connectivity index (χ3n) is 4.66. The van der Waals surface area contributed by atoms with Crippen LogP contribution < -0.4 is 4.74 Å². The fourth-order valence-corrected chi connectivity index (χ4v) is 3.24. The number of Topliss-reactive ketones (excluding diaryl/α,β-unsaturated/α-hetero) is 1. The lowest BCUT2D eigenvalue weighted by Gasteiger charge is -2.26. The summed E-state index contributed by atoms with van der Waals surface area (Å²) in [6.07, 6.45) is 0. The van der Waals surface area contributed by atoms with E-state index >= 15 is 0 Å². The number of ether oxygens (including phenoxy) is 2. The van der Waals surface area contributed by atoms with Crippen LogP contribution >= 0.6 is 0 Å². The molecule has 1 aliphatic heterocycles. The van der Waals surface area contributed by atoms with E-state index in [1.807, 2.05) is 12.1 Å². The summed E-state index contributed by atoms with van der Waals surface area (Å²) in [6.45, 7) is -0.460. The van der Waals surface area contributed by atoms with Gasteiger partial charge in [-0.05, 0) is 24.3 Å². The van der Waals surface area contributed by atoms with Crippen molar-refractivity contribution >= 4 is 17.4 Å². The molecule has 0 aliphatic carbocycles. The highest BCUT2D eigenvalue weighted by atomic mass is 16.6. The minimum Gasteiger partial charge on any atom is -0.457 e. The van der Waals surface area contributed by atoms with Crippen molar-refractivity contribution in [2.75, 3.05) is 6.61 Å². The van der Waals surface area contributed by atoms with Gasteiger partial charge in [0, 0.05) is 28.8 Å². The molecule has 144 valence electrons. The molecular weight excluding hydrogens is 374 g/mol. The number of non-ortho nitro benzene ring substituents is 1. The largest absolute Gasteiger partial charge is 0.457 e. The number of ketones is 1. The average Bonchev–Trinajstić information content (AvgIpc) is 2.75. The molecular formula is C22H15NO6. The molecule has 1 aliphatic rings. The molecule has 0 saturated heterocycles. The molecule has 29 heavy (non-hydrogen) atoms. The number of rotatable bonds is 5. The van der Waals surface area contributed by atoms with Crippen molar-refractivity contribution in [1.29, 1.82) is 0 Å². The normalized spacial score (nSPS) is 12.3. The Morgan fingerprint density at radius 1 is 0.897 bits per heavy atom. The first kappa shape index (κ1) is 18.4. The molecule has 0 fully saturated rings. The minimum absolute atomic E-state index is 0.117. The van der Waals surface area contributed by atoms with E-state index < -0.39 is 29.2 Å². The first-order valence-electron chi connectivity index (χ1n) is 8.84. The van der Waals surface area contributed by atoms with E-state index in [9.17, 15) is 19.7 Å². The lowest BCUT2D eigenvalue weighted by atomic mass is 9.88. The monoisotopic (exact) mass is 389 g/mol. The minimum atomic E-state index is -0.708. The molecule has 7 nitrogen and oxygen atoms in total. The topological polar surface area (TPSA) is 95.7 Å². The number of hydrogen-bond acceptors (Lipinski definition) is 6. The molecule has 0 amide bonds. The number of para-hydroxylation sites is 2. The third kappa shape index (κ3) is 3.58. The molecule has 0 radical (unpaired) electrons. The first-order valence-corrected chi connectivity index (χ1v) is 8.84. The van der Waals surface area contributed by atoms with Crippen LogP contribution in [0.3, 0.4) is 0 Å². The Balaban J connectivity index is 1.53. The van der Waals surface area contributed by atoms with E-state index in [2.05, 4.69) is 0 Å². The highest BCUT2D eigenvalue weighted by molar-refractivity contribution is 5.98. The molecule has 0 bridgehead atoms. The Morgan fingerprint density at radius 3 is 2.00 bits per heavy atom. The summed E-state index contributed by atoms with van der Waals surface area (Å²) in [5.74, 6) is -0.587. The highest BCUT2D eigenvalue weighted by Crippen LogP contribution is 2.44. The van der Waals surface area contributed by atoms with Crippen molar-refractivity contribution in [2.24, 2.45) is 0 Å². The van der Waals surface area contributed by atoms with Crippen LogP contribution in [-0.2, 0) is 9.53 Å². The molecule has 0 spiro atoms. The lowest BCUT2D eigenvalue weighted by molar-refractivity contribution is -0.384. The van der Waals surface area contributed by atoms with Crippen molar-refractivity contribution in [2.45, 2.75) is 5.92 Å². The van der Waals surface area contributed by atoms with E-state index in [-0.39, 0.29) is 11.3 Å². The van der Waals surface area contributed by atoms with Crippen LogP contribution in [0.25, 0.3) is 0 Å². The zero-order chi connectivity index (χ0) is 20.4. The number of benzene rings is 3. The number of carbonyl (C=O) groups excluding carboxylic acids is 2. The zero-order valence-corrected chi connectivity index (χ0v) is 15.1. The SMILES string of the molecule is O=C(COC(=O)C1c2ccccc2Oc2ccccc21)c1ccc([N+](=O)[O-])cc1. The van der Waals surface area contributed by atoms with Crippen LogP contribution in [0, 0.1) is 10.1 Å². The van der Waals surface area contributed by atoms with Crippen LogP contribution in [0.5, 0.6) is 11.5 Å². The average molecular weight is 389 g/mol. The van der Waals surface area contributed by atoms with E-state index in [1.54, 1.807) is 36.4 Å². The molecule has 0 atom stereocenters. The Kier molecular flexibility index (Phi) is 4.78. The Labute approximate surface area is 165 Å². The maximum Gasteiger partial charge on any atom is 0.318 e. The van der Waals surface area contributed by atoms with Gasteiger partial charge in [0.1, 0.15) is 17.4 Å². The predicted molar refractivity (Wildman–Crippen MR) is 103 cm³/mol. The second-order valence-corrected chi connectivity index (χ2v) is 6.45. The van der Waals surface area contributed by atoms with Crippen LogP contribution in [0.15, 0.2) is 72.8 Å². The number of nitrogens with zero attached hydrogens (tertiary/aromatic N) is 1. The quantitative estimate of drug-likeness (QED) is 0.280. The molecule has 4 rings (SSSR count). The summed E-state index contributed by atoms with van der Waals surface area (Å²) in [7, 11) is 0. The summed E-state index contributed by atoms with van der Waals surface area (Å²) in [5.41, 5.74) is 1.45. The van der Waals surface area contributed by atoms with E-state index in [0.29, 0.717) is 22.6 Å². The Morgan fingerprint density at radius 2 is 1.45 bits per heavy atom. The van der Waals surface area contributed by atoms with Crippen molar-refractivity contribution in [1.82, 2.24) is 0 Å². The number of nitro groups is 1. The van der Waals surface area contributed by atoms with Gasteiger partial charge in [0.15, 0.2) is 12.4 Å². The second kappa shape index (κ2) is 7.55. The molecule has 3 aromatic rings. The van der Waals surface area contributed by atoms with Crippen LogP contribution in [0.4, 0.5) is 5.69 Å². The van der Waals surface area contributed by atoms with Crippen molar-refractivity contribution in [3.63, 3.8) is 0 Å². The van der Waals surface area contributed by atoms with Gasteiger partial charge in [-0.25, -0.2) is 0 Å². The summed E-state index contributed by atoms with van der Waals surface area (Å²) in [5, 5.41) is 10.7. The lowest BCUT2D eigenvalue weighted by Crippen LogP contribution is -2.23. The standard InChI is InChI=1S/C22H15NO6/c24-18(14-9-11-15(12-10-14)23(26)27)13-28-22(25)21-16-5-1-3-7-19(16)29-20-8-4-2-6-17(20)21/h1-12,21H,13H2. The molecule has 0 N–H and O–H groups in total. The van der Waals surface area contributed by atoms with Gasteiger partial charge in [-0.2, -0.15) is 0 Å². The third-order valence-corrected chi connectivity index (χ3v) is 4.66. The van der Waals surface area contributed by atoms with E-state index in [0.717, 1.165) is 0 Å². The smallest absolute Gasteiger partial charge is 0.318 e. The molecule has 0 unspecified atom stereocenters. The number of nitro benzene ring substituents is 1. The van der Waals surface area contributed by atoms with Crippen molar-refractivity contribution < 1.29 is 24.0 Å². The summed E-state index contributed by atoms with van der Waals surface area (Å²) < 4.78 is 11.2. The van der Waals surface area contributed by atoms with Gasteiger partial charge in [-0.15, -0.1) is 0 Å². The number of hydrogen-bond donors (Lipinski definition) is 0.